The van der Waals surface area contributed by atoms with Gasteiger partial charge in [-0.05, 0) is 29.8 Å². The van der Waals surface area contributed by atoms with Gasteiger partial charge in [-0.3, -0.25) is 4.79 Å². The minimum absolute atomic E-state index is 0.104. The Bertz CT molecular complexity index is 967. The molecule has 0 fully saturated rings. The molecule has 4 rings (SSSR count). The van der Waals surface area contributed by atoms with Gasteiger partial charge in [0.2, 0.25) is 0 Å². The predicted molar refractivity (Wildman–Crippen MR) is 97.6 cm³/mol. The number of aromatic amines is 1. The minimum Gasteiger partial charge on any atom is -0.486 e. The first-order valence-corrected chi connectivity index (χ1v) is 8.47. The predicted octanol–water partition coefficient (Wildman–Crippen LogP) is 3.24. The summed E-state index contributed by atoms with van der Waals surface area (Å²) in [6.07, 6.45) is 0. The van der Waals surface area contributed by atoms with Crippen LogP contribution < -0.4 is 20.3 Å². The largest absolute Gasteiger partial charge is 0.486 e. The number of hydrogen-bond acceptors (Lipinski definition) is 4. The van der Waals surface area contributed by atoms with Crippen LogP contribution in [0.3, 0.4) is 0 Å². The molecule has 0 bridgehead atoms. The third-order valence-electron chi connectivity index (χ3n) is 4.14. The van der Waals surface area contributed by atoms with Crippen molar-refractivity contribution in [2.45, 2.75) is 13.1 Å². The molecule has 25 heavy (non-hydrogen) atoms. The van der Waals surface area contributed by atoms with Crippen molar-refractivity contribution >= 4 is 22.5 Å². The number of halogens is 1. The average Bonchev–Trinajstić information content (AvgIpc) is 2.62. The molecular weight excluding hydrogens is 340 g/mol. The molecule has 0 radical (unpaired) electrons. The first-order valence-electron chi connectivity index (χ1n) is 8.10. The number of benzene rings is 2. The van der Waals surface area contributed by atoms with Gasteiger partial charge in [0.1, 0.15) is 13.2 Å². The van der Waals surface area contributed by atoms with Gasteiger partial charge in [-0.25, -0.2) is 0 Å². The van der Waals surface area contributed by atoms with Gasteiger partial charge >= 0.3 is 0 Å². The fraction of sp³-hybridized carbons (Fsp3) is 0.211. The molecule has 1 aliphatic heterocycles. The van der Waals surface area contributed by atoms with E-state index in [-0.39, 0.29) is 5.56 Å². The first-order chi connectivity index (χ1) is 12.2. The molecule has 0 unspecified atom stereocenters. The van der Waals surface area contributed by atoms with Gasteiger partial charge in [0.05, 0.1) is 5.52 Å². The second-order valence-corrected chi connectivity index (χ2v) is 6.37. The van der Waals surface area contributed by atoms with Crippen molar-refractivity contribution in [3.8, 4) is 11.5 Å². The van der Waals surface area contributed by atoms with Crippen LogP contribution in [0.15, 0.2) is 47.3 Å². The number of fused-ring (bicyclic) bond motifs is 2. The summed E-state index contributed by atoms with van der Waals surface area (Å²) in [5.74, 6) is 1.38. The van der Waals surface area contributed by atoms with Crippen molar-refractivity contribution in [3.05, 3.63) is 69.0 Å². The zero-order valence-corrected chi connectivity index (χ0v) is 14.2. The van der Waals surface area contributed by atoms with Crippen molar-refractivity contribution in [1.29, 1.82) is 0 Å². The molecule has 2 heterocycles. The highest BCUT2D eigenvalue weighted by Crippen LogP contribution is 2.33. The Morgan fingerprint density at radius 2 is 1.72 bits per heavy atom. The zero-order valence-electron chi connectivity index (χ0n) is 13.5. The van der Waals surface area contributed by atoms with Crippen LogP contribution in [-0.4, -0.2) is 18.2 Å². The molecule has 0 atom stereocenters. The van der Waals surface area contributed by atoms with Crippen LogP contribution in [-0.2, 0) is 13.1 Å². The molecular formula is C19H17ClN2O3. The summed E-state index contributed by atoms with van der Waals surface area (Å²) < 4.78 is 11.2. The lowest BCUT2D eigenvalue weighted by Gasteiger charge is -2.18. The molecule has 0 saturated heterocycles. The van der Waals surface area contributed by atoms with E-state index in [0.717, 1.165) is 16.5 Å². The molecule has 0 aliphatic carbocycles. The highest BCUT2D eigenvalue weighted by atomic mass is 35.5. The summed E-state index contributed by atoms with van der Waals surface area (Å²) in [5, 5.41) is 4.92. The highest BCUT2D eigenvalue weighted by Gasteiger charge is 2.14. The smallest absolute Gasteiger partial charge is 0.252 e. The van der Waals surface area contributed by atoms with Gasteiger partial charge in [0, 0.05) is 35.1 Å². The maximum absolute atomic E-state index is 12.3. The number of nitrogens with one attached hydrogen (secondary N) is 2. The van der Waals surface area contributed by atoms with Crippen LogP contribution in [0.25, 0.3) is 10.9 Å². The lowest BCUT2D eigenvalue weighted by molar-refractivity contribution is 0.172. The van der Waals surface area contributed by atoms with Gasteiger partial charge in [0.25, 0.3) is 5.56 Å². The first kappa shape index (κ1) is 16.0. The number of H-pyrrole nitrogens is 1. The van der Waals surface area contributed by atoms with E-state index in [1.807, 2.05) is 42.5 Å². The van der Waals surface area contributed by atoms with E-state index in [1.54, 1.807) is 0 Å². The summed E-state index contributed by atoms with van der Waals surface area (Å²) in [4.78, 5) is 15.2. The van der Waals surface area contributed by atoms with E-state index in [0.29, 0.717) is 48.4 Å². The van der Waals surface area contributed by atoms with E-state index < -0.39 is 0 Å². The van der Waals surface area contributed by atoms with Gasteiger partial charge in [-0.1, -0.05) is 23.7 Å². The van der Waals surface area contributed by atoms with Crippen molar-refractivity contribution in [2.75, 3.05) is 13.2 Å². The van der Waals surface area contributed by atoms with Crippen LogP contribution in [0.5, 0.6) is 11.5 Å². The molecule has 0 saturated carbocycles. The van der Waals surface area contributed by atoms with Crippen molar-refractivity contribution in [3.63, 3.8) is 0 Å². The van der Waals surface area contributed by atoms with Crippen LogP contribution in [0.1, 0.15) is 11.1 Å². The lowest BCUT2D eigenvalue weighted by Crippen LogP contribution is -2.21. The standard InChI is InChI=1S/C19H17ClN2O3/c20-15-3-1-12(2-4-15)10-21-11-14-7-13-8-17-18(25-6-5-24-17)9-16(13)22-19(14)23/h1-4,7-9,21H,5-6,10-11H2,(H,22,23). The van der Waals surface area contributed by atoms with E-state index in [9.17, 15) is 4.79 Å². The second-order valence-electron chi connectivity index (χ2n) is 5.94. The summed E-state index contributed by atoms with van der Waals surface area (Å²) >= 11 is 5.88. The maximum Gasteiger partial charge on any atom is 0.252 e. The molecule has 128 valence electrons. The highest BCUT2D eigenvalue weighted by molar-refractivity contribution is 6.30. The molecule has 5 nitrogen and oxygen atoms in total. The monoisotopic (exact) mass is 356 g/mol. The topological polar surface area (TPSA) is 63.4 Å². The number of ether oxygens (including phenoxy) is 2. The Morgan fingerprint density at radius 3 is 2.48 bits per heavy atom. The Balaban J connectivity index is 1.53. The summed E-state index contributed by atoms with van der Waals surface area (Å²) in [7, 11) is 0. The molecule has 2 N–H and O–H groups in total. The molecule has 1 aromatic heterocycles. The number of rotatable bonds is 4. The third kappa shape index (κ3) is 3.48. The molecule has 0 amide bonds. The molecule has 6 heteroatoms. The SMILES string of the molecule is O=c1[nH]c2cc3c(cc2cc1CNCc1ccc(Cl)cc1)OCCO3. The summed E-state index contributed by atoms with van der Waals surface area (Å²) in [6.45, 7) is 2.20. The van der Waals surface area contributed by atoms with Gasteiger partial charge in [-0.2, -0.15) is 0 Å². The number of hydrogen-bond donors (Lipinski definition) is 2. The summed E-state index contributed by atoms with van der Waals surface area (Å²) in [5.41, 5.74) is 2.43. The van der Waals surface area contributed by atoms with Crippen molar-refractivity contribution in [2.24, 2.45) is 0 Å². The van der Waals surface area contributed by atoms with E-state index in [4.69, 9.17) is 21.1 Å². The quantitative estimate of drug-likeness (QED) is 0.753. The van der Waals surface area contributed by atoms with Crippen LogP contribution >= 0.6 is 11.6 Å². The molecule has 3 aromatic rings. The number of aromatic nitrogens is 1. The normalized spacial score (nSPS) is 13.2. The second kappa shape index (κ2) is 6.78. The van der Waals surface area contributed by atoms with Gasteiger partial charge in [0.15, 0.2) is 11.5 Å². The minimum atomic E-state index is -0.104. The Hall–Kier alpha value is -2.50. The third-order valence-corrected chi connectivity index (χ3v) is 4.39. The maximum atomic E-state index is 12.3. The van der Waals surface area contributed by atoms with Crippen molar-refractivity contribution < 1.29 is 9.47 Å². The van der Waals surface area contributed by atoms with Crippen LogP contribution in [0.2, 0.25) is 5.02 Å². The van der Waals surface area contributed by atoms with Crippen molar-refractivity contribution in [1.82, 2.24) is 10.3 Å². The van der Waals surface area contributed by atoms with Gasteiger partial charge < -0.3 is 19.8 Å². The average molecular weight is 357 g/mol. The number of pyridine rings is 1. The Morgan fingerprint density at radius 1 is 1.00 bits per heavy atom. The van der Waals surface area contributed by atoms with Gasteiger partial charge in [-0.15, -0.1) is 0 Å². The summed E-state index contributed by atoms with van der Waals surface area (Å²) in [6, 6.07) is 13.2. The lowest BCUT2D eigenvalue weighted by atomic mass is 10.1. The van der Waals surface area contributed by atoms with E-state index in [2.05, 4.69) is 10.3 Å². The molecule has 1 aliphatic rings. The van der Waals surface area contributed by atoms with E-state index in [1.165, 1.54) is 0 Å². The Labute approximate surface area is 149 Å². The van der Waals surface area contributed by atoms with Crippen LogP contribution in [0, 0.1) is 0 Å². The van der Waals surface area contributed by atoms with Crippen LogP contribution in [0.4, 0.5) is 0 Å². The molecule has 0 spiro atoms. The molecule has 2 aromatic carbocycles. The zero-order chi connectivity index (χ0) is 17.2. The van der Waals surface area contributed by atoms with E-state index >= 15 is 0 Å². The Kier molecular flexibility index (Phi) is 4.34. The fourth-order valence-electron chi connectivity index (χ4n) is 2.86. The fourth-order valence-corrected chi connectivity index (χ4v) is 2.99.